The van der Waals surface area contributed by atoms with Crippen LogP contribution in [0.1, 0.15) is 26.7 Å². The van der Waals surface area contributed by atoms with Crippen LogP contribution in [0.3, 0.4) is 0 Å². The van der Waals surface area contributed by atoms with Crippen LogP contribution in [0.5, 0.6) is 0 Å². The largest absolute Gasteiger partial charge is 0.341 e. The predicted octanol–water partition coefficient (Wildman–Crippen LogP) is 0.748. The molecule has 120 valence electrons. The molecule has 1 atom stereocenters. The van der Waals surface area contributed by atoms with E-state index in [1.807, 2.05) is 18.7 Å². The number of rotatable bonds is 4. The second-order valence-corrected chi connectivity index (χ2v) is 5.36. The van der Waals surface area contributed by atoms with Gasteiger partial charge in [-0.25, -0.2) is 9.97 Å². The first-order valence-electron chi connectivity index (χ1n) is 7.71. The van der Waals surface area contributed by atoms with Crippen LogP contribution in [0, 0.1) is 0 Å². The van der Waals surface area contributed by atoms with Crippen LogP contribution < -0.4 is 5.32 Å². The van der Waals surface area contributed by atoms with E-state index < -0.39 is 0 Å². The lowest BCUT2D eigenvalue weighted by Gasteiger charge is -2.26. The number of carbonyl (C=O) groups is 2. The number of amides is 2. The number of carbonyl (C=O) groups excluding carboxylic acids is 2. The van der Waals surface area contributed by atoms with Crippen molar-refractivity contribution < 1.29 is 9.59 Å². The highest BCUT2D eigenvalue weighted by Gasteiger charge is 2.25. The van der Waals surface area contributed by atoms with E-state index in [1.54, 1.807) is 18.5 Å². The van der Waals surface area contributed by atoms with E-state index in [1.165, 1.54) is 0 Å². The van der Waals surface area contributed by atoms with E-state index in [2.05, 4.69) is 20.2 Å². The number of hydrogen-bond donors (Lipinski definition) is 1. The van der Waals surface area contributed by atoms with Crippen molar-refractivity contribution in [2.45, 2.75) is 32.7 Å². The summed E-state index contributed by atoms with van der Waals surface area (Å²) >= 11 is 0. The van der Waals surface area contributed by atoms with Gasteiger partial charge in [0.25, 0.3) is 0 Å². The molecule has 2 heterocycles. The molecule has 0 saturated carbocycles. The SMILES string of the molecule is CCC(=O)N1CCCN(C(C)C(=O)Nc2ncccn2)CC1. The molecule has 2 rings (SSSR count). The van der Waals surface area contributed by atoms with Crippen molar-refractivity contribution in [1.29, 1.82) is 0 Å². The Balaban J connectivity index is 1.90. The summed E-state index contributed by atoms with van der Waals surface area (Å²) in [6, 6.07) is 1.42. The molecule has 1 aliphatic heterocycles. The fourth-order valence-electron chi connectivity index (χ4n) is 2.54. The zero-order chi connectivity index (χ0) is 15.9. The Morgan fingerprint density at radius 2 is 1.95 bits per heavy atom. The minimum absolute atomic E-state index is 0.124. The van der Waals surface area contributed by atoms with Gasteiger partial charge in [0.05, 0.1) is 6.04 Å². The van der Waals surface area contributed by atoms with E-state index in [9.17, 15) is 9.59 Å². The number of hydrogen-bond acceptors (Lipinski definition) is 5. The summed E-state index contributed by atoms with van der Waals surface area (Å²) in [5.74, 6) is 0.370. The van der Waals surface area contributed by atoms with Gasteiger partial charge in [-0.2, -0.15) is 0 Å². The molecular formula is C15H23N5O2. The van der Waals surface area contributed by atoms with Gasteiger partial charge in [0.15, 0.2) is 0 Å². The first-order chi connectivity index (χ1) is 10.6. The van der Waals surface area contributed by atoms with Gasteiger partial charge in [-0.15, -0.1) is 0 Å². The molecule has 0 bridgehead atoms. The van der Waals surface area contributed by atoms with Crippen molar-refractivity contribution in [3.8, 4) is 0 Å². The van der Waals surface area contributed by atoms with Crippen molar-refractivity contribution in [3.05, 3.63) is 18.5 Å². The smallest absolute Gasteiger partial charge is 0.243 e. The lowest BCUT2D eigenvalue weighted by atomic mass is 10.2. The zero-order valence-corrected chi connectivity index (χ0v) is 13.2. The van der Waals surface area contributed by atoms with Gasteiger partial charge in [0.1, 0.15) is 0 Å². The van der Waals surface area contributed by atoms with Gasteiger partial charge in [-0.1, -0.05) is 6.92 Å². The molecule has 7 nitrogen and oxygen atoms in total. The van der Waals surface area contributed by atoms with Crippen LogP contribution in [0.4, 0.5) is 5.95 Å². The Morgan fingerprint density at radius 1 is 1.23 bits per heavy atom. The maximum absolute atomic E-state index is 12.3. The van der Waals surface area contributed by atoms with Crippen LogP contribution in [-0.2, 0) is 9.59 Å². The van der Waals surface area contributed by atoms with Crippen molar-refractivity contribution >= 4 is 17.8 Å². The molecule has 0 aliphatic carbocycles. The molecule has 22 heavy (non-hydrogen) atoms. The van der Waals surface area contributed by atoms with Gasteiger partial charge >= 0.3 is 0 Å². The molecule has 7 heteroatoms. The third-order valence-electron chi connectivity index (χ3n) is 3.91. The molecule has 0 radical (unpaired) electrons. The monoisotopic (exact) mass is 305 g/mol. The molecule has 2 amide bonds. The van der Waals surface area contributed by atoms with Crippen molar-refractivity contribution in [2.24, 2.45) is 0 Å². The normalized spacial score (nSPS) is 17.6. The molecular weight excluding hydrogens is 282 g/mol. The average molecular weight is 305 g/mol. The molecule has 1 aromatic rings. The summed E-state index contributed by atoms with van der Waals surface area (Å²) in [6.07, 6.45) is 4.59. The Bertz CT molecular complexity index is 508. The number of aromatic nitrogens is 2. The molecule has 1 unspecified atom stereocenters. The van der Waals surface area contributed by atoms with Crippen LogP contribution >= 0.6 is 0 Å². The maximum Gasteiger partial charge on any atom is 0.243 e. The topological polar surface area (TPSA) is 78.4 Å². The quantitative estimate of drug-likeness (QED) is 0.888. The number of nitrogens with one attached hydrogen (secondary N) is 1. The Morgan fingerprint density at radius 3 is 2.64 bits per heavy atom. The second kappa shape index (κ2) is 7.84. The van der Waals surface area contributed by atoms with Crippen molar-refractivity contribution in [2.75, 3.05) is 31.5 Å². The van der Waals surface area contributed by atoms with Crippen molar-refractivity contribution in [3.63, 3.8) is 0 Å². The summed E-state index contributed by atoms with van der Waals surface area (Å²) in [6.45, 7) is 6.69. The summed E-state index contributed by atoms with van der Waals surface area (Å²) in [7, 11) is 0. The number of anilines is 1. The minimum atomic E-state index is -0.277. The maximum atomic E-state index is 12.3. The zero-order valence-electron chi connectivity index (χ0n) is 13.2. The lowest BCUT2D eigenvalue weighted by Crippen LogP contribution is -2.44. The predicted molar refractivity (Wildman–Crippen MR) is 83.2 cm³/mol. The molecule has 1 N–H and O–H groups in total. The molecule has 1 fully saturated rings. The standard InChI is InChI=1S/C15H23N5O2/c1-3-13(21)20-9-5-8-19(10-11-20)12(2)14(22)18-15-16-6-4-7-17-15/h4,6-7,12H,3,5,8-11H2,1-2H3,(H,16,17,18,22). The summed E-state index contributed by atoms with van der Waals surface area (Å²) in [4.78, 5) is 36.0. The fourth-order valence-corrected chi connectivity index (χ4v) is 2.54. The van der Waals surface area contributed by atoms with E-state index in [-0.39, 0.29) is 17.9 Å². The Labute approximate surface area is 130 Å². The van der Waals surface area contributed by atoms with Crippen LogP contribution in [0.25, 0.3) is 0 Å². The van der Waals surface area contributed by atoms with Gasteiger partial charge < -0.3 is 4.90 Å². The highest BCUT2D eigenvalue weighted by atomic mass is 16.2. The van der Waals surface area contributed by atoms with Crippen molar-refractivity contribution in [1.82, 2.24) is 19.8 Å². The third-order valence-corrected chi connectivity index (χ3v) is 3.91. The lowest BCUT2D eigenvalue weighted by molar-refractivity contribution is -0.130. The first-order valence-corrected chi connectivity index (χ1v) is 7.71. The highest BCUT2D eigenvalue weighted by molar-refractivity contribution is 5.93. The highest BCUT2D eigenvalue weighted by Crippen LogP contribution is 2.09. The molecule has 0 spiro atoms. The van der Waals surface area contributed by atoms with Gasteiger partial charge in [0.2, 0.25) is 17.8 Å². The van der Waals surface area contributed by atoms with Crippen LogP contribution in [0.15, 0.2) is 18.5 Å². The molecule has 1 aliphatic rings. The minimum Gasteiger partial charge on any atom is -0.341 e. The van der Waals surface area contributed by atoms with Gasteiger partial charge in [0, 0.05) is 45.0 Å². The van der Waals surface area contributed by atoms with Crippen LogP contribution in [0.2, 0.25) is 0 Å². The molecule has 1 saturated heterocycles. The van der Waals surface area contributed by atoms with E-state index >= 15 is 0 Å². The molecule has 0 aromatic carbocycles. The van der Waals surface area contributed by atoms with E-state index in [0.29, 0.717) is 25.5 Å². The summed E-state index contributed by atoms with van der Waals surface area (Å²) in [5.41, 5.74) is 0. The summed E-state index contributed by atoms with van der Waals surface area (Å²) < 4.78 is 0. The van der Waals surface area contributed by atoms with E-state index in [0.717, 1.165) is 19.5 Å². The van der Waals surface area contributed by atoms with E-state index in [4.69, 9.17) is 0 Å². The van der Waals surface area contributed by atoms with Gasteiger partial charge in [-0.05, 0) is 19.4 Å². The summed E-state index contributed by atoms with van der Waals surface area (Å²) in [5, 5.41) is 2.72. The third kappa shape index (κ3) is 4.24. The fraction of sp³-hybridized carbons (Fsp3) is 0.600. The average Bonchev–Trinajstić information content (AvgIpc) is 2.80. The Hall–Kier alpha value is -2.02. The number of nitrogens with zero attached hydrogens (tertiary/aromatic N) is 4. The van der Waals surface area contributed by atoms with Crippen LogP contribution in [-0.4, -0.2) is 63.8 Å². The Kier molecular flexibility index (Phi) is 5.83. The molecule has 1 aromatic heterocycles. The van der Waals surface area contributed by atoms with Gasteiger partial charge in [-0.3, -0.25) is 19.8 Å². The second-order valence-electron chi connectivity index (χ2n) is 5.36. The first kappa shape index (κ1) is 16.4.